The van der Waals surface area contributed by atoms with E-state index in [4.69, 9.17) is 0 Å². The van der Waals surface area contributed by atoms with Gasteiger partial charge >= 0.3 is 5.69 Å². The summed E-state index contributed by atoms with van der Waals surface area (Å²) in [6.07, 6.45) is 3.54. The summed E-state index contributed by atoms with van der Waals surface area (Å²) in [4.78, 5) is 11.8. The summed E-state index contributed by atoms with van der Waals surface area (Å²) < 4.78 is 3.36. The predicted molar refractivity (Wildman–Crippen MR) is 69.7 cm³/mol. The Morgan fingerprint density at radius 1 is 1.11 bits per heavy atom. The highest BCUT2D eigenvalue weighted by molar-refractivity contribution is 5.15. The van der Waals surface area contributed by atoms with E-state index in [9.17, 15) is 4.79 Å². The molecular weight excluding hydrogens is 242 g/mol. The SMILES string of the molecule is O=c1[nH]nc(Cn2cccn2)n1Cc1ccccc1. The van der Waals surface area contributed by atoms with Crippen molar-refractivity contribution in [2.45, 2.75) is 13.1 Å². The lowest BCUT2D eigenvalue weighted by molar-refractivity contribution is 0.609. The molecule has 6 nitrogen and oxygen atoms in total. The van der Waals surface area contributed by atoms with Crippen molar-refractivity contribution in [2.75, 3.05) is 0 Å². The summed E-state index contributed by atoms with van der Waals surface area (Å²) >= 11 is 0. The highest BCUT2D eigenvalue weighted by Gasteiger charge is 2.09. The first kappa shape index (κ1) is 11.5. The highest BCUT2D eigenvalue weighted by Crippen LogP contribution is 2.03. The fourth-order valence-electron chi connectivity index (χ4n) is 1.94. The quantitative estimate of drug-likeness (QED) is 0.752. The second-order valence-electron chi connectivity index (χ2n) is 4.22. The molecule has 2 heterocycles. The number of H-pyrrole nitrogens is 1. The lowest BCUT2D eigenvalue weighted by Gasteiger charge is -2.06. The van der Waals surface area contributed by atoms with Gasteiger partial charge in [0.15, 0.2) is 5.82 Å². The van der Waals surface area contributed by atoms with Crippen LogP contribution < -0.4 is 5.69 Å². The maximum atomic E-state index is 11.8. The van der Waals surface area contributed by atoms with Gasteiger partial charge in [-0.3, -0.25) is 9.25 Å². The van der Waals surface area contributed by atoms with Gasteiger partial charge in [0.05, 0.1) is 6.54 Å². The van der Waals surface area contributed by atoms with Gasteiger partial charge in [-0.05, 0) is 11.6 Å². The first-order chi connectivity index (χ1) is 9.33. The number of aromatic amines is 1. The topological polar surface area (TPSA) is 68.5 Å². The lowest BCUT2D eigenvalue weighted by atomic mass is 10.2. The number of hydrogen-bond donors (Lipinski definition) is 1. The minimum absolute atomic E-state index is 0.203. The average molecular weight is 255 g/mol. The Kier molecular flexibility index (Phi) is 2.97. The van der Waals surface area contributed by atoms with Gasteiger partial charge in [-0.25, -0.2) is 9.89 Å². The standard InChI is InChI=1S/C13H13N5O/c19-13-16-15-12(10-17-8-4-7-14-17)18(13)9-11-5-2-1-3-6-11/h1-8H,9-10H2,(H,16,19). The molecule has 1 aromatic carbocycles. The molecule has 19 heavy (non-hydrogen) atoms. The van der Waals surface area contributed by atoms with E-state index in [2.05, 4.69) is 15.3 Å². The average Bonchev–Trinajstić information content (AvgIpc) is 3.05. The molecule has 0 saturated heterocycles. The number of benzene rings is 1. The van der Waals surface area contributed by atoms with Crippen LogP contribution in [0.3, 0.4) is 0 Å². The Morgan fingerprint density at radius 3 is 2.68 bits per heavy atom. The Hall–Kier alpha value is -2.63. The van der Waals surface area contributed by atoms with Gasteiger partial charge < -0.3 is 0 Å². The van der Waals surface area contributed by atoms with Crippen molar-refractivity contribution in [1.82, 2.24) is 24.5 Å². The molecule has 3 aromatic rings. The van der Waals surface area contributed by atoms with Crippen molar-refractivity contribution < 1.29 is 0 Å². The zero-order valence-corrected chi connectivity index (χ0v) is 10.2. The van der Waals surface area contributed by atoms with Crippen LogP contribution in [0.5, 0.6) is 0 Å². The molecule has 0 amide bonds. The van der Waals surface area contributed by atoms with Crippen molar-refractivity contribution >= 4 is 0 Å². The Balaban J connectivity index is 1.89. The zero-order valence-electron chi connectivity index (χ0n) is 10.2. The Bertz CT molecular complexity index is 696. The molecule has 0 aliphatic heterocycles. The normalized spacial score (nSPS) is 10.7. The molecule has 0 aliphatic carbocycles. The maximum absolute atomic E-state index is 11.8. The molecule has 0 bridgehead atoms. The lowest BCUT2D eigenvalue weighted by Crippen LogP contribution is -2.20. The van der Waals surface area contributed by atoms with E-state index in [1.807, 2.05) is 42.6 Å². The van der Waals surface area contributed by atoms with Crippen LogP contribution in [0.2, 0.25) is 0 Å². The van der Waals surface area contributed by atoms with E-state index in [0.717, 1.165) is 5.56 Å². The summed E-state index contributed by atoms with van der Waals surface area (Å²) in [5, 5.41) is 10.7. The van der Waals surface area contributed by atoms with Gasteiger partial charge in [0.2, 0.25) is 0 Å². The Labute approximate surface area is 109 Å². The number of rotatable bonds is 4. The maximum Gasteiger partial charge on any atom is 0.343 e. The van der Waals surface area contributed by atoms with Crippen molar-refractivity contribution in [2.24, 2.45) is 0 Å². The smallest absolute Gasteiger partial charge is 0.273 e. The van der Waals surface area contributed by atoms with Crippen molar-refractivity contribution in [3.8, 4) is 0 Å². The minimum atomic E-state index is -0.203. The molecule has 0 radical (unpaired) electrons. The van der Waals surface area contributed by atoms with E-state index in [1.54, 1.807) is 15.4 Å². The molecule has 0 spiro atoms. The Morgan fingerprint density at radius 2 is 1.95 bits per heavy atom. The molecule has 6 heteroatoms. The van der Waals surface area contributed by atoms with Crippen LogP contribution in [-0.4, -0.2) is 24.5 Å². The van der Waals surface area contributed by atoms with E-state index in [0.29, 0.717) is 18.9 Å². The van der Waals surface area contributed by atoms with Crippen LogP contribution in [-0.2, 0) is 13.1 Å². The fraction of sp³-hybridized carbons (Fsp3) is 0.154. The number of nitrogens with one attached hydrogen (secondary N) is 1. The monoisotopic (exact) mass is 255 g/mol. The fourth-order valence-corrected chi connectivity index (χ4v) is 1.94. The van der Waals surface area contributed by atoms with Crippen molar-refractivity contribution in [1.29, 1.82) is 0 Å². The summed E-state index contributed by atoms with van der Waals surface area (Å²) in [7, 11) is 0. The van der Waals surface area contributed by atoms with Crippen LogP contribution in [0.1, 0.15) is 11.4 Å². The van der Waals surface area contributed by atoms with Crippen molar-refractivity contribution in [3.63, 3.8) is 0 Å². The van der Waals surface area contributed by atoms with Crippen LogP contribution in [0.25, 0.3) is 0 Å². The summed E-state index contributed by atoms with van der Waals surface area (Å²) in [6.45, 7) is 0.978. The second kappa shape index (κ2) is 4.93. The molecule has 0 atom stereocenters. The zero-order chi connectivity index (χ0) is 13.1. The van der Waals surface area contributed by atoms with E-state index < -0.39 is 0 Å². The van der Waals surface area contributed by atoms with Crippen LogP contribution in [0.15, 0.2) is 53.6 Å². The second-order valence-corrected chi connectivity index (χ2v) is 4.22. The number of hydrogen-bond acceptors (Lipinski definition) is 3. The molecule has 1 N–H and O–H groups in total. The predicted octanol–water partition coefficient (Wildman–Crippen LogP) is 0.864. The third-order valence-electron chi connectivity index (χ3n) is 2.88. The van der Waals surface area contributed by atoms with Crippen LogP contribution in [0, 0.1) is 0 Å². The molecule has 96 valence electrons. The van der Waals surface area contributed by atoms with Gasteiger partial charge in [0, 0.05) is 12.4 Å². The first-order valence-corrected chi connectivity index (χ1v) is 5.98. The molecule has 0 aliphatic rings. The van der Waals surface area contributed by atoms with E-state index >= 15 is 0 Å². The largest absolute Gasteiger partial charge is 0.343 e. The third-order valence-corrected chi connectivity index (χ3v) is 2.88. The number of aromatic nitrogens is 5. The third kappa shape index (κ3) is 2.47. The van der Waals surface area contributed by atoms with Crippen molar-refractivity contribution in [3.05, 3.63) is 70.7 Å². The molecule has 0 fully saturated rings. The van der Waals surface area contributed by atoms with Gasteiger partial charge in [0.25, 0.3) is 0 Å². The van der Waals surface area contributed by atoms with Gasteiger partial charge in [-0.1, -0.05) is 30.3 Å². The molecule has 0 unspecified atom stereocenters. The summed E-state index contributed by atoms with van der Waals surface area (Å²) in [5.41, 5.74) is 0.860. The van der Waals surface area contributed by atoms with Crippen LogP contribution >= 0.6 is 0 Å². The van der Waals surface area contributed by atoms with E-state index in [1.165, 1.54) is 0 Å². The van der Waals surface area contributed by atoms with Gasteiger partial charge in [-0.15, -0.1) is 0 Å². The minimum Gasteiger partial charge on any atom is -0.273 e. The molecular formula is C13H13N5O. The van der Waals surface area contributed by atoms with Gasteiger partial charge in [0.1, 0.15) is 6.54 Å². The summed E-state index contributed by atoms with van der Waals surface area (Å²) in [5.74, 6) is 0.664. The summed E-state index contributed by atoms with van der Waals surface area (Å²) in [6, 6.07) is 11.7. The van der Waals surface area contributed by atoms with Crippen LogP contribution in [0.4, 0.5) is 0 Å². The van der Waals surface area contributed by atoms with Gasteiger partial charge in [-0.2, -0.15) is 10.2 Å². The molecule has 3 rings (SSSR count). The highest BCUT2D eigenvalue weighted by atomic mass is 16.1. The van der Waals surface area contributed by atoms with E-state index in [-0.39, 0.29) is 5.69 Å². The number of nitrogens with zero attached hydrogens (tertiary/aromatic N) is 4. The molecule has 2 aromatic heterocycles. The first-order valence-electron chi connectivity index (χ1n) is 5.98. The molecule has 0 saturated carbocycles.